The minimum absolute atomic E-state index is 0.785. The molecule has 0 amide bonds. The molecule has 0 atom stereocenters. The highest BCUT2D eigenvalue weighted by atomic mass is 32.1. The zero-order valence-electron chi connectivity index (χ0n) is 5.18. The lowest BCUT2D eigenvalue weighted by molar-refractivity contribution is 0.200. The lowest BCUT2D eigenvalue weighted by atomic mass is 10.6. The number of hydrogen-bond acceptors (Lipinski definition) is 3. The van der Waals surface area contributed by atoms with Crippen LogP contribution in [0.5, 0.6) is 0 Å². The minimum Gasteiger partial charge on any atom is -0.383 e. The van der Waals surface area contributed by atoms with Gasteiger partial charge in [0, 0.05) is 26.0 Å². The molecular formula is C5H13NOS. The third kappa shape index (κ3) is 6.27. The van der Waals surface area contributed by atoms with Crippen molar-refractivity contribution in [3.05, 3.63) is 0 Å². The fourth-order valence-electron chi connectivity index (χ4n) is 0.378. The van der Waals surface area contributed by atoms with Crippen molar-refractivity contribution >= 4 is 12.6 Å². The van der Waals surface area contributed by atoms with Crippen molar-refractivity contribution in [2.24, 2.45) is 0 Å². The van der Waals surface area contributed by atoms with E-state index < -0.39 is 0 Å². The Labute approximate surface area is 56.0 Å². The Balaban J connectivity index is 2.53. The summed E-state index contributed by atoms with van der Waals surface area (Å²) < 4.78 is 4.80. The van der Waals surface area contributed by atoms with Gasteiger partial charge in [-0.2, -0.15) is 12.6 Å². The van der Waals surface area contributed by atoms with E-state index in [-0.39, 0.29) is 0 Å². The second-order valence-corrected chi connectivity index (χ2v) is 1.91. The SMILES string of the molecule is COCCNCCS. The van der Waals surface area contributed by atoms with Crippen LogP contribution in [0.2, 0.25) is 0 Å². The molecule has 2 nitrogen and oxygen atoms in total. The van der Waals surface area contributed by atoms with Crippen LogP contribution in [0.15, 0.2) is 0 Å². The van der Waals surface area contributed by atoms with Gasteiger partial charge in [0.05, 0.1) is 6.61 Å². The van der Waals surface area contributed by atoms with Crippen LogP contribution in [-0.4, -0.2) is 32.6 Å². The van der Waals surface area contributed by atoms with E-state index in [0.717, 1.165) is 25.4 Å². The maximum absolute atomic E-state index is 4.80. The molecule has 0 aliphatic rings. The topological polar surface area (TPSA) is 21.3 Å². The Morgan fingerprint density at radius 1 is 1.50 bits per heavy atom. The molecule has 0 bridgehead atoms. The first-order chi connectivity index (χ1) is 3.91. The van der Waals surface area contributed by atoms with Crippen LogP contribution in [0.25, 0.3) is 0 Å². The largest absolute Gasteiger partial charge is 0.383 e. The first kappa shape index (κ1) is 8.27. The number of hydrogen-bond donors (Lipinski definition) is 2. The Morgan fingerprint density at radius 3 is 2.75 bits per heavy atom. The second kappa shape index (κ2) is 7.27. The summed E-state index contributed by atoms with van der Waals surface area (Å²) in [6, 6.07) is 0. The van der Waals surface area contributed by atoms with Crippen molar-refractivity contribution in [2.45, 2.75) is 0 Å². The summed E-state index contributed by atoms with van der Waals surface area (Å²) in [5.41, 5.74) is 0. The molecule has 3 heteroatoms. The van der Waals surface area contributed by atoms with Crippen molar-refractivity contribution in [1.82, 2.24) is 5.32 Å². The van der Waals surface area contributed by atoms with Crippen molar-refractivity contribution in [2.75, 3.05) is 32.6 Å². The highest BCUT2D eigenvalue weighted by Gasteiger charge is 1.80. The summed E-state index contributed by atoms with van der Waals surface area (Å²) in [6.07, 6.45) is 0. The third-order valence-corrected chi connectivity index (χ3v) is 0.995. The van der Waals surface area contributed by atoms with E-state index in [9.17, 15) is 0 Å². The molecule has 0 saturated heterocycles. The van der Waals surface area contributed by atoms with E-state index >= 15 is 0 Å². The lowest BCUT2D eigenvalue weighted by Gasteiger charge is -1.98. The third-order valence-electron chi connectivity index (χ3n) is 0.772. The zero-order chi connectivity index (χ0) is 6.24. The smallest absolute Gasteiger partial charge is 0.0587 e. The van der Waals surface area contributed by atoms with Crippen LogP contribution in [0.3, 0.4) is 0 Å². The molecule has 0 aromatic carbocycles. The van der Waals surface area contributed by atoms with Crippen molar-refractivity contribution in [1.29, 1.82) is 0 Å². The van der Waals surface area contributed by atoms with Crippen LogP contribution in [0.1, 0.15) is 0 Å². The molecule has 0 spiro atoms. The number of ether oxygens (including phenoxy) is 1. The van der Waals surface area contributed by atoms with Gasteiger partial charge in [0.25, 0.3) is 0 Å². The highest BCUT2D eigenvalue weighted by molar-refractivity contribution is 7.80. The molecule has 0 rings (SSSR count). The van der Waals surface area contributed by atoms with E-state index in [2.05, 4.69) is 17.9 Å². The summed E-state index contributed by atoms with van der Waals surface area (Å²) in [4.78, 5) is 0. The Kier molecular flexibility index (Phi) is 7.52. The zero-order valence-corrected chi connectivity index (χ0v) is 6.08. The van der Waals surface area contributed by atoms with Crippen LogP contribution in [0.4, 0.5) is 0 Å². The Morgan fingerprint density at radius 2 is 2.25 bits per heavy atom. The van der Waals surface area contributed by atoms with Gasteiger partial charge in [0.1, 0.15) is 0 Å². The summed E-state index contributed by atoms with van der Waals surface area (Å²) in [5, 5.41) is 3.13. The maximum atomic E-state index is 4.80. The number of thiol groups is 1. The van der Waals surface area contributed by atoms with Crippen molar-refractivity contribution in [3.63, 3.8) is 0 Å². The van der Waals surface area contributed by atoms with E-state index in [1.54, 1.807) is 7.11 Å². The van der Waals surface area contributed by atoms with Gasteiger partial charge >= 0.3 is 0 Å². The quantitative estimate of drug-likeness (QED) is 0.414. The highest BCUT2D eigenvalue weighted by Crippen LogP contribution is 1.68. The van der Waals surface area contributed by atoms with Gasteiger partial charge in [-0.25, -0.2) is 0 Å². The van der Waals surface area contributed by atoms with Crippen molar-refractivity contribution < 1.29 is 4.74 Å². The molecular weight excluding hydrogens is 122 g/mol. The van der Waals surface area contributed by atoms with Gasteiger partial charge in [0.2, 0.25) is 0 Å². The van der Waals surface area contributed by atoms with Crippen LogP contribution < -0.4 is 5.32 Å². The second-order valence-electron chi connectivity index (χ2n) is 1.47. The summed E-state index contributed by atoms with van der Waals surface area (Å²) in [5.74, 6) is 0.893. The molecule has 0 aliphatic carbocycles. The van der Waals surface area contributed by atoms with E-state index in [1.807, 2.05) is 0 Å². The average Bonchev–Trinajstić information content (AvgIpc) is 1.81. The predicted molar refractivity (Wildman–Crippen MR) is 38.6 cm³/mol. The predicted octanol–water partition coefficient (Wildman–Crippen LogP) is 0.152. The molecule has 0 heterocycles. The van der Waals surface area contributed by atoms with Gasteiger partial charge in [-0.3, -0.25) is 0 Å². The molecule has 0 aromatic rings. The van der Waals surface area contributed by atoms with Gasteiger partial charge in [-0.1, -0.05) is 0 Å². The Hall–Kier alpha value is 0.270. The van der Waals surface area contributed by atoms with Gasteiger partial charge in [-0.05, 0) is 0 Å². The van der Waals surface area contributed by atoms with Crippen LogP contribution in [0, 0.1) is 0 Å². The number of rotatable bonds is 5. The first-order valence-corrected chi connectivity index (χ1v) is 3.35. The maximum Gasteiger partial charge on any atom is 0.0587 e. The molecule has 1 N–H and O–H groups in total. The van der Waals surface area contributed by atoms with Gasteiger partial charge < -0.3 is 10.1 Å². The fraction of sp³-hybridized carbons (Fsp3) is 1.00. The van der Waals surface area contributed by atoms with E-state index in [1.165, 1.54) is 0 Å². The monoisotopic (exact) mass is 135 g/mol. The average molecular weight is 135 g/mol. The molecule has 0 saturated carbocycles. The first-order valence-electron chi connectivity index (χ1n) is 2.72. The van der Waals surface area contributed by atoms with Crippen LogP contribution in [-0.2, 0) is 4.74 Å². The number of methoxy groups -OCH3 is 1. The summed E-state index contributed by atoms with van der Waals surface area (Å²) in [7, 11) is 1.70. The molecule has 8 heavy (non-hydrogen) atoms. The molecule has 50 valence electrons. The standard InChI is InChI=1S/C5H13NOS/c1-7-4-2-6-3-5-8/h6,8H,2-5H2,1H3. The number of nitrogens with one attached hydrogen (secondary N) is 1. The molecule has 0 radical (unpaired) electrons. The lowest BCUT2D eigenvalue weighted by Crippen LogP contribution is -2.20. The minimum atomic E-state index is 0.785. The molecule has 0 unspecified atom stereocenters. The van der Waals surface area contributed by atoms with Crippen molar-refractivity contribution in [3.8, 4) is 0 Å². The fourth-order valence-corrected chi connectivity index (χ4v) is 0.536. The van der Waals surface area contributed by atoms with Crippen LogP contribution >= 0.6 is 12.6 Å². The molecule has 0 fully saturated rings. The molecule has 0 aliphatic heterocycles. The van der Waals surface area contributed by atoms with E-state index in [4.69, 9.17) is 4.74 Å². The van der Waals surface area contributed by atoms with E-state index in [0.29, 0.717) is 0 Å². The Bertz CT molecular complexity index is 37.4. The summed E-state index contributed by atoms with van der Waals surface area (Å²) >= 11 is 4.02. The summed E-state index contributed by atoms with van der Waals surface area (Å²) in [6.45, 7) is 2.68. The van der Waals surface area contributed by atoms with Gasteiger partial charge in [-0.15, -0.1) is 0 Å². The molecule has 0 aromatic heterocycles. The van der Waals surface area contributed by atoms with Gasteiger partial charge in [0.15, 0.2) is 0 Å². The normalized spacial score (nSPS) is 9.75.